The van der Waals surface area contributed by atoms with Crippen LogP contribution in [0.3, 0.4) is 0 Å². The lowest BCUT2D eigenvalue weighted by atomic mass is 10.0. The molecule has 5 nitrogen and oxygen atoms in total. The quantitative estimate of drug-likeness (QED) is 0.848. The Hall–Kier alpha value is -1.88. The summed E-state index contributed by atoms with van der Waals surface area (Å²) in [5.74, 6) is -0.810. The van der Waals surface area contributed by atoms with Gasteiger partial charge in [0.2, 0.25) is 5.91 Å². The third kappa shape index (κ3) is 4.06. The second-order valence-electron chi connectivity index (χ2n) is 4.99. The molecule has 1 aromatic rings. The van der Waals surface area contributed by atoms with E-state index in [1.807, 2.05) is 13.8 Å². The number of carbonyl (C=O) groups excluding carboxylic acids is 1. The van der Waals surface area contributed by atoms with Crippen LogP contribution in [0, 0.1) is 5.92 Å². The van der Waals surface area contributed by atoms with Crippen LogP contribution in [0.1, 0.15) is 30.6 Å². The van der Waals surface area contributed by atoms with Crippen LogP contribution in [0.5, 0.6) is 0 Å². The Labute approximate surface area is 113 Å². The van der Waals surface area contributed by atoms with Gasteiger partial charge in [-0.15, -0.1) is 0 Å². The van der Waals surface area contributed by atoms with Crippen LogP contribution >= 0.6 is 0 Å². The van der Waals surface area contributed by atoms with Crippen molar-refractivity contribution in [2.75, 3.05) is 11.9 Å². The lowest BCUT2D eigenvalue weighted by Crippen LogP contribution is -2.42. The number of likely N-dealkylation sites (N-methyl/N-ethyl adjacent to an activating group) is 1. The molecule has 0 spiro atoms. The number of carboxylic acid groups (broad SMARTS) is 1. The minimum atomic E-state index is -0.989. The van der Waals surface area contributed by atoms with E-state index in [9.17, 15) is 9.59 Å². The van der Waals surface area contributed by atoms with Gasteiger partial charge in [0.15, 0.2) is 0 Å². The van der Waals surface area contributed by atoms with E-state index < -0.39 is 12.0 Å². The molecule has 0 aliphatic heterocycles. The van der Waals surface area contributed by atoms with Crippen molar-refractivity contribution in [3.8, 4) is 0 Å². The van der Waals surface area contributed by atoms with Crippen molar-refractivity contribution < 1.29 is 14.7 Å². The topological polar surface area (TPSA) is 83.6 Å². The van der Waals surface area contributed by atoms with E-state index in [1.165, 1.54) is 17.0 Å². The van der Waals surface area contributed by atoms with E-state index in [-0.39, 0.29) is 11.5 Å². The number of aromatic carboxylic acids is 1. The van der Waals surface area contributed by atoms with Gasteiger partial charge in [0.25, 0.3) is 0 Å². The van der Waals surface area contributed by atoms with Crippen molar-refractivity contribution in [3.63, 3.8) is 0 Å². The molecule has 1 rings (SSSR count). The molecule has 3 N–H and O–H groups in total. The predicted molar refractivity (Wildman–Crippen MR) is 74.2 cm³/mol. The summed E-state index contributed by atoms with van der Waals surface area (Å²) in [6.45, 7) is 4.02. The zero-order valence-electron chi connectivity index (χ0n) is 11.5. The third-order valence-electron chi connectivity index (χ3n) is 2.87. The number of hydrogen-bond acceptors (Lipinski definition) is 3. The van der Waals surface area contributed by atoms with Crippen molar-refractivity contribution in [2.45, 2.75) is 26.3 Å². The summed E-state index contributed by atoms with van der Waals surface area (Å²) in [7, 11) is 1.64. The fourth-order valence-corrected chi connectivity index (χ4v) is 1.81. The first-order valence-electron chi connectivity index (χ1n) is 6.19. The van der Waals surface area contributed by atoms with Crippen LogP contribution in [0.4, 0.5) is 5.69 Å². The average Bonchev–Trinajstić information content (AvgIpc) is 2.36. The highest BCUT2D eigenvalue weighted by Gasteiger charge is 2.20. The fourth-order valence-electron chi connectivity index (χ4n) is 1.81. The van der Waals surface area contributed by atoms with Crippen LogP contribution in [0.15, 0.2) is 24.3 Å². The fraction of sp³-hybridized carbons (Fsp3) is 0.429. The minimum Gasteiger partial charge on any atom is -0.478 e. The lowest BCUT2D eigenvalue weighted by Gasteiger charge is -2.22. The number of amides is 1. The Kier molecular flexibility index (Phi) is 5.06. The largest absolute Gasteiger partial charge is 0.478 e. The number of nitrogens with zero attached hydrogens (tertiary/aromatic N) is 1. The van der Waals surface area contributed by atoms with Crippen molar-refractivity contribution in [1.29, 1.82) is 0 Å². The second kappa shape index (κ2) is 6.33. The van der Waals surface area contributed by atoms with E-state index in [4.69, 9.17) is 10.8 Å². The lowest BCUT2D eigenvalue weighted by molar-refractivity contribution is -0.119. The van der Waals surface area contributed by atoms with Crippen molar-refractivity contribution >= 4 is 17.6 Å². The summed E-state index contributed by atoms with van der Waals surface area (Å²) in [5.41, 5.74) is 6.67. The monoisotopic (exact) mass is 264 g/mol. The number of rotatable bonds is 5. The van der Waals surface area contributed by atoms with Crippen molar-refractivity contribution in [3.05, 3.63) is 29.8 Å². The first kappa shape index (κ1) is 15.2. The molecule has 0 saturated heterocycles. The summed E-state index contributed by atoms with van der Waals surface area (Å²) in [4.78, 5) is 24.3. The molecule has 0 unspecified atom stereocenters. The van der Waals surface area contributed by atoms with Crippen LogP contribution in [-0.2, 0) is 4.79 Å². The van der Waals surface area contributed by atoms with E-state index in [0.717, 1.165) is 0 Å². The van der Waals surface area contributed by atoms with Gasteiger partial charge in [-0.05, 0) is 36.6 Å². The highest BCUT2D eigenvalue weighted by molar-refractivity contribution is 5.97. The summed E-state index contributed by atoms with van der Waals surface area (Å²) in [6, 6.07) is 5.60. The van der Waals surface area contributed by atoms with Gasteiger partial charge < -0.3 is 15.7 Å². The molecule has 0 aliphatic rings. The molecule has 0 radical (unpaired) electrons. The van der Waals surface area contributed by atoms with Gasteiger partial charge in [0.05, 0.1) is 11.6 Å². The molecule has 0 aliphatic carbocycles. The molecule has 0 bridgehead atoms. The van der Waals surface area contributed by atoms with E-state index in [1.54, 1.807) is 19.2 Å². The molecular weight excluding hydrogens is 244 g/mol. The molecule has 19 heavy (non-hydrogen) atoms. The standard InChI is InChI=1S/C14H20N2O3/c1-9(2)8-12(15)13(17)16(3)11-6-4-10(5-7-11)14(18)19/h4-7,9,12H,8,15H2,1-3H3,(H,18,19)/t12-/m0/s1. The van der Waals surface area contributed by atoms with Crippen LogP contribution < -0.4 is 10.6 Å². The minimum absolute atomic E-state index is 0.170. The van der Waals surface area contributed by atoms with Gasteiger partial charge in [0, 0.05) is 12.7 Å². The third-order valence-corrected chi connectivity index (χ3v) is 2.87. The van der Waals surface area contributed by atoms with Gasteiger partial charge in [-0.2, -0.15) is 0 Å². The Morgan fingerprint density at radius 2 is 1.79 bits per heavy atom. The second-order valence-corrected chi connectivity index (χ2v) is 4.99. The zero-order valence-corrected chi connectivity index (χ0v) is 11.5. The first-order valence-corrected chi connectivity index (χ1v) is 6.19. The smallest absolute Gasteiger partial charge is 0.335 e. The van der Waals surface area contributed by atoms with Crippen LogP contribution in [0.2, 0.25) is 0 Å². The highest BCUT2D eigenvalue weighted by atomic mass is 16.4. The number of carboxylic acids is 1. The summed E-state index contributed by atoms with van der Waals surface area (Å²) < 4.78 is 0. The average molecular weight is 264 g/mol. The number of hydrogen-bond donors (Lipinski definition) is 2. The SMILES string of the molecule is CC(C)C[C@H](N)C(=O)N(C)c1ccc(C(=O)O)cc1. The normalized spacial score (nSPS) is 12.3. The van der Waals surface area contributed by atoms with Crippen LogP contribution in [0.25, 0.3) is 0 Å². The summed E-state index contributed by atoms with van der Waals surface area (Å²) in [6.07, 6.45) is 0.621. The van der Waals surface area contributed by atoms with Crippen molar-refractivity contribution in [1.82, 2.24) is 0 Å². The molecule has 104 valence electrons. The van der Waals surface area contributed by atoms with Gasteiger partial charge in [-0.25, -0.2) is 4.79 Å². The predicted octanol–water partition coefficient (Wildman–Crippen LogP) is 1.72. The Balaban J connectivity index is 2.79. The molecule has 0 aromatic heterocycles. The highest BCUT2D eigenvalue weighted by Crippen LogP contribution is 2.16. The molecule has 0 heterocycles. The first-order chi connectivity index (χ1) is 8.82. The Morgan fingerprint density at radius 3 is 2.21 bits per heavy atom. The maximum Gasteiger partial charge on any atom is 0.335 e. The summed E-state index contributed by atoms with van der Waals surface area (Å²) in [5, 5.41) is 8.81. The number of carbonyl (C=O) groups is 2. The summed E-state index contributed by atoms with van der Waals surface area (Å²) >= 11 is 0. The number of benzene rings is 1. The Morgan fingerprint density at radius 1 is 1.26 bits per heavy atom. The molecule has 5 heteroatoms. The van der Waals surface area contributed by atoms with Gasteiger partial charge in [0.1, 0.15) is 0 Å². The van der Waals surface area contributed by atoms with Crippen LogP contribution in [-0.4, -0.2) is 30.1 Å². The van der Waals surface area contributed by atoms with Gasteiger partial charge in [-0.1, -0.05) is 13.8 Å². The molecule has 0 fully saturated rings. The van der Waals surface area contributed by atoms with E-state index in [0.29, 0.717) is 18.0 Å². The maximum absolute atomic E-state index is 12.1. The van der Waals surface area contributed by atoms with Gasteiger partial charge in [-0.3, -0.25) is 4.79 Å². The molecule has 1 aromatic carbocycles. The maximum atomic E-state index is 12.1. The van der Waals surface area contributed by atoms with E-state index in [2.05, 4.69) is 0 Å². The van der Waals surface area contributed by atoms with Crippen molar-refractivity contribution in [2.24, 2.45) is 11.7 Å². The van der Waals surface area contributed by atoms with Gasteiger partial charge >= 0.3 is 5.97 Å². The van der Waals surface area contributed by atoms with E-state index >= 15 is 0 Å². The number of anilines is 1. The molecule has 1 amide bonds. The zero-order chi connectivity index (χ0) is 14.6. The molecule has 0 saturated carbocycles. The Bertz CT molecular complexity index is 454. The molecule has 1 atom stereocenters. The number of nitrogens with two attached hydrogens (primary N) is 1. The molecular formula is C14H20N2O3.